The Kier molecular flexibility index (Phi) is 12.7. The number of urea groups is 1. The standard InChI is InChI=1S/C25H38N2O5S/c1-5-6-7-8-9-14-27(25(28)26-23-20(2)18-33-24(23)30-4)17-21-10-12-22(13-11-21)32-19-31-16-15-29-3/h10-13,18H,5-9,14-17,19H2,1-4H3,(H,26,28). The first kappa shape index (κ1) is 27.0. The second-order valence-corrected chi connectivity index (χ2v) is 8.70. The van der Waals surface area contributed by atoms with Crippen molar-refractivity contribution >= 4 is 23.1 Å². The Morgan fingerprint density at radius 2 is 1.82 bits per heavy atom. The molecule has 0 radical (unpaired) electrons. The maximum absolute atomic E-state index is 13.2. The van der Waals surface area contributed by atoms with Crippen LogP contribution in [0.25, 0.3) is 0 Å². The van der Waals surface area contributed by atoms with Crippen LogP contribution >= 0.6 is 11.3 Å². The Morgan fingerprint density at radius 1 is 1.06 bits per heavy atom. The molecule has 0 bridgehead atoms. The summed E-state index contributed by atoms with van der Waals surface area (Å²) in [6.07, 6.45) is 5.73. The smallest absolute Gasteiger partial charge is 0.322 e. The number of aryl methyl sites for hydroxylation is 1. The SMILES string of the molecule is CCCCCCCN(Cc1ccc(OCOCCOC)cc1)C(=O)Nc1c(C)csc1OC. The van der Waals surface area contributed by atoms with Gasteiger partial charge >= 0.3 is 6.03 Å². The van der Waals surface area contributed by atoms with Gasteiger partial charge in [-0.15, -0.1) is 11.3 Å². The zero-order valence-corrected chi connectivity index (χ0v) is 21.2. The number of anilines is 1. The Labute approximate surface area is 202 Å². The first-order chi connectivity index (χ1) is 16.1. The van der Waals surface area contributed by atoms with Crippen LogP contribution in [0.3, 0.4) is 0 Å². The van der Waals surface area contributed by atoms with Crippen LogP contribution in [-0.4, -0.2) is 51.7 Å². The number of hydrogen-bond acceptors (Lipinski definition) is 6. The fourth-order valence-corrected chi connectivity index (χ4v) is 4.12. The minimum Gasteiger partial charge on any atom is -0.486 e. The van der Waals surface area contributed by atoms with Crippen LogP contribution < -0.4 is 14.8 Å². The lowest BCUT2D eigenvalue weighted by molar-refractivity contribution is -0.00847. The predicted octanol–water partition coefficient (Wildman–Crippen LogP) is 6.07. The Bertz CT molecular complexity index is 810. The fourth-order valence-electron chi connectivity index (χ4n) is 3.29. The van der Waals surface area contributed by atoms with E-state index in [2.05, 4.69) is 12.2 Å². The summed E-state index contributed by atoms with van der Waals surface area (Å²) in [6.45, 7) is 6.61. The highest BCUT2D eigenvalue weighted by Gasteiger charge is 2.18. The molecule has 7 nitrogen and oxygen atoms in total. The molecule has 0 unspecified atom stereocenters. The van der Waals surface area contributed by atoms with E-state index in [9.17, 15) is 4.79 Å². The zero-order chi connectivity index (χ0) is 23.9. The Balaban J connectivity index is 1.97. The molecule has 0 aliphatic heterocycles. The number of unbranched alkanes of at least 4 members (excludes halogenated alkanes) is 4. The van der Waals surface area contributed by atoms with Gasteiger partial charge in [-0.25, -0.2) is 4.79 Å². The third-order valence-corrected chi connectivity index (χ3v) is 6.27. The van der Waals surface area contributed by atoms with Gasteiger partial charge in [0.25, 0.3) is 0 Å². The van der Waals surface area contributed by atoms with E-state index in [4.69, 9.17) is 18.9 Å². The van der Waals surface area contributed by atoms with Gasteiger partial charge in [-0.3, -0.25) is 0 Å². The molecule has 0 atom stereocenters. The third-order valence-electron chi connectivity index (χ3n) is 5.21. The van der Waals surface area contributed by atoms with Gasteiger partial charge in [0, 0.05) is 20.2 Å². The summed E-state index contributed by atoms with van der Waals surface area (Å²) >= 11 is 1.49. The lowest BCUT2D eigenvalue weighted by Gasteiger charge is -2.24. The van der Waals surface area contributed by atoms with Crippen molar-refractivity contribution in [2.75, 3.05) is 46.1 Å². The number of benzene rings is 1. The lowest BCUT2D eigenvalue weighted by Crippen LogP contribution is -2.35. The van der Waals surface area contributed by atoms with Crippen molar-refractivity contribution in [3.63, 3.8) is 0 Å². The number of nitrogens with one attached hydrogen (secondary N) is 1. The summed E-state index contributed by atoms with van der Waals surface area (Å²) in [6, 6.07) is 7.66. The van der Waals surface area contributed by atoms with Gasteiger partial charge in [0.05, 0.1) is 26.0 Å². The summed E-state index contributed by atoms with van der Waals surface area (Å²) in [5.74, 6) is 0.727. The molecule has 1 aromatic heterocycles. The molecule has 184 valence electrons. The van der Waals surface area contributed by atoms with Gasteiger partial charge in [0.1, 0.15) is 5.75 Å². The number of methoxy groups -OCH3 is 2. The van der Waals surface area contributed by atoms with Crippen LogP contribution in [0, 0.1) is 6.92 Å². The second-order valence-electron chi connectivity index (χ2n) is 7.86. The first-order valence-electron chi connectivity index (χ1n) is 11.6. The molecule has 2 amide bonds. The maximum Gasteiger partial charge on any atom is 0.322 e. The summed E-state index contributed by atoms with van der Waals surface area (Å²) in [5, 5.41) is 5.77. The predicted molar refractivity (Wildman–Crippen MR) is 134 cm³/mol. The average molecular weight is 479 g/mol. The van der Waals surface area contributed by atoms with Crippen molar-refractivity contribution in [3.8, 4) is 10.8 Å². The van der Waals surface area contributed by atoms with Gasteiger partial charge < -0.3 is 29.2 Å². The number of carbonyl (C=O) groups excluding carboxylic acids is 1. The van der Waals surface area contributed by atoms with Crippen molar-refractivity contribution in [2.24, 2.45) is 0 Å². The van der Waals surface area contributed by atoms with Crippen molar-refractivity contribution in [1.29, 1.82) is 0 Å². The van der Waals surface area contributed by atoms with E-state index in [0.29, 0.717) is 26.3 Å². The Hall–Kier alpha value is -2.29. The van der Waals surface area contributed by atoms with Crippen LogP contribution in [0.1, 0.15) is 50.2 Å². The zero-order valence-electron chi connectivity index (χ0n) is 20.4. The summed E-state index contributed by atoms with van der Waals surface area (Å²) < 4.78 is 21.3. The highest BCUT2D eigenvalue weighted by Crippen LogP contribution is 2.35. The van der Waals surface area contributed by atoms with Crippen molar-refractivity contribution in [2.45, 2.75) is 52.5 Å². The third kappa shape index (κ3) is 9.61. The number of ether oxygens (including phenoxy) is 4. The number of amides is 2. The summed E-state index contributed by atoms with van der Waals surface area (Å²) in [4.78, 5) is 15.0. The molecule has 1 N–H and O–H groups in total. The molecular weight excluding hydrogens is 440 g/mol. The van der Waals surface area contributed by atoms with E-state index in [-0.39, 0.29) is 12.8 Å². The number of hydrogen-bond donors (Lipinski definition) is 1. The van der Waals surface area contributed by atoms with Gasteiger partial charge in [0.2, 0.25) is 0 Å². The van der Waals surface area contributed by atoms with E-state index >= 15 is 0 Å². The lowest BCUT2D eigenvalue weighted by atomic mass is 10.1. The molecule has 0 spiro atoms. The number of rotatable bonds is 16. The van der Waals surface area contributed by atoms with E-state index in [1.165, 1.54) is 30.6 Å². The molecule has 0 saturated carbocycles. The van der Waals surface area contributed by atoms with Crippen LogP contribution in [0.5, 0.6) is 10.8 Å². The average Bonchev–Trinajstić information content (AvgIpc) is 3.18. The van der Waals surface area contributed by atoms with E-state index < -0.39 is 0 Å². The molecular formula is C25H38N2O5S. The quantitative estimate of drug-likeness (QED) is 0.234. The topological polar surface area (TPSA) is 69.3 Å². The van der Waals surface area contributed by atoms with Gasteiger partial charge in [-0.05, 0) is 42.0 Å². The highest BCUT2D eigenvalue weighted by atomic mass is 32.1. The minimum absolute atomic E-state index is 0.114. The van der Waals surface area contributed by atoms with Gasteiger partial charge in [-0.1, -0.05) is 44.7 Å². The Morgan fingerprint density at radius 3 is 2.52 bits per heavy atom. The summed E-state index contributed by atoms with van der Waals surface area (Å²) in [7, 11) is 3.26. The van der Waals surface area contributed by atoms with Crippen LogP contribution in [0.2, 0.25) is 0 Å². The molecule has 0 saturated heterocycles. The number of thiophene rings is 1. The van der Waals surface area contributed by atoms with Crippen molar-refractivity contribution in [3.05, 3.63) is 40.8 Å². The summed E-state index contributed by atoms with van der Waals surface area (Å²) in [5.41, 5.74) is 2.79. The molecule has 1 heterocycles. The molecule has 0 fully saturated rings. The van der Waals surface area contributed by atoms with Crippen molar-refractivity contribution < 1.29 is 23.7 Å². The second kappa shape index (κ2) is 15.5. The van der Waals surface area contributed by atoms with E-state index in [0.717, 1.165) is 40.5 Å². The van der Waals surface area contributed by atoms with E-state index in [1.807, 2.05) is 41.5 Å². The van der Waals surface area contributed by atoms with Gasteiger partial charge in [-0.2, -0.15) is 0 Å². The molecule has 33 heavy (non-hydrogen) atoms. The van der Waals surface area contributed by atoms with Crippen LogP contribution in [0.4, 0.5) is 10.5 Å². The van der Waals surface area contributed by atoms with Crippen LogP contribution in [0.15, 0.2) is 29.6 Å². The molecule has 0 aliphatic carbocycles. The number of nitrogens with zero attached hydrogens (tertiary/aromatic N) is 1. The molecule has 2 aromatic rings. The highest BCUT2D eigenvalue weighted by molar-refractivity contribution is 7.12. The molecule has 8 heteroatoms. The molecule has 0 aliphatic rings. The minimum atomic E-state index is -0.114. The van der Waals surface area contributed by atoms with Gasteiger partial charge in [0.15, 0.2) is 11.9 Å². The monoisotopic (exact) mass is 478 g/mol. The number of carbonyl (C=O) groups is 1. The molecule has 1 aromatic carbocycles. The maximum atomic E-state index is 13.2. The normalized spacial score (nSPS) is 10.8. The van der Waals surface area contributed by atoms with E-state index in [1.54, 1.807) is 14.2 Å². The van der Waals surface area contributed by atoms with Crippen LogP contribution in [-0.2, 0) is 16.0 Å². The molecule has 2 rings (SSSR count). The largest absolute Gasteiger partial charge is 0.486 e. The van der Waals surface area contributed by atoms with Crippen molar-refractivity contribution in [1.82, 2.24) is 4.90 Å². The first-order valence-corrected chi connectivity index (χ1v) is 12.4. The fraction of sp³-hybridized carbons (Fsp3) is 0.560.